The first-order chi connectivity index (χ1) is 11.8. The van der Waals surface area contributed by atoms with Crippen molar-refractivity contribution in [2.24, 2.45) is 0 Å². The van der Waals surface area contributed by atoms with Gasteiger partial charge in [0.1, 0.15) is 6.10 Å². The van der Waals surface area contributed by atoms with Gasteiger partial charge in [-0.1, -0.05) is 29.8 Å². The quantitative estimate of drug-likeness (QED) is 0.820. The van der Waals surface area contributed by atoms with Crippen LogP contribution in [0.4, 0.5) is 0 Å². The van der Waals surface area contributed by atoms with Gasteiger partial charge in [-0.15, -0.1) is 0 Å². The molecule has 3 rings (SSSR count). The monoisotopic (exact) mass is 353 g/mol. The van der Waals surface area contributed by atoms with Crippen molar-refractivity contribution in [3.05, 3.63) is 34.9 Å². The molecule has 0 spiro atoms. The number of hydrogen-bond acceptors (Lipinski definition) is 5. The second-order valence-corrected chi connectivity index (χ2v) is 6.40. The molecule has 1 aromatic rings. The topological polar surface area (TPSA) is 62.8 Å². The fraction of sp³-hybridized carbons (Fsp3) is 0.588. The number of carbonyl (C=O) groups excluding carboxylic acids is 1. The molecule has 2 aliphatic rings. The number of morpholine rings is 2. The van der Waals surface area contributed by atoms with Gasteiger partial charge in [0, 0.05) is 37.7 Å². The highest BCUT2D eigenvalue weighted by molar-refractivity contribution is 6.31. The van der Waals surface area contributed by atoms with Gasteiger partial charge in [0.05, 0.1) is 25.9 Å². The van der Waals surface area contributed by atoms with Crippen LogP contribution in [0.15, 0.2) is 24.3 Å². The number of nitrogens with zero attached hydrogens (tertiary/aromatic N) is 1. The zero-order valence-electron chi connectivity index (χ0n) is 13.7. The standard InChI is InChI=1S/C17H24ClN3O3/c18-14-4-2-1-3-13(14)15(21-6-9-23-10-7-21)11-20-17(22)16-12-19-5-8-24-16/h1-4,15-16,19H,5-12H2,(H,20,22). The Morgan fingerprint density at radius 3 is 2.83 bits per heavy atom. The van der Waals surface area contributed by atoms with E-state index in [-0.39, 0.29) is 11.9 Å². The molecule has 132 valence electrons. The summed E-state index contributed by atoms with van der Waals surface area (Å²) in [6.07, 6.45) is -0.421. The number of ether oxygens (including phenoxy) is 2. The molecule has 7 heteroatoms. The van der Waals surface area contributed by atoms with E-state index in [9.17, 15) is 4.79 Å². The Kier molecular flexibility index (Phi) is 6.45. The van der Waals surface area contributed by atoms with E-state index in [1.165, 1.54) is 0 Å². The fourth-order valence-electron chi connectivity index (χ4n) is 3.12. The maximum atomic E-state index is 12.3. The maximum absolute atomic E-state index is 12.3. The summed E-state index contributed by atoms with van der Waals surface area (Å²) in [5.41, 5.74) is 1.03. The highest BCUT2D eigenvalue weighted by Gasteiger charge is 2.27. The number of amides is 1. The molecule has 2 atom stereocenters. The average molecular weight is 354 g/mol. The lowest BCUT2D eigenvalue weighted by molar-refractivity contribution is -0.134. The summed E-state index contributed by atoms with van der Waals surface area (Å²) in [5, 5.41) is 6.93. The van der Waals surface area contributed by atoms with Crippen molar-refractivity contribution in [1.29, 1.82) is 0 Å². The van der Waals surface area contributed by atoms with E-state index in [4.69, 9.17) is 21.1 Å². The molecule has 0 radical (unpaired) electrons. The van der Waals surface area contributed by atoms with Crippen LogP contribution in [0.3, 0.4) is 0 Å². The zero-order valence-corrected chi connectivity index (χ0v) is 14.4. The average Bonchev–Trinajstić information content (AvgIpc) is 2.65. The van der Waals surface area contributed by atoms with Gasteiger partial charge in [-0.3, -0.25) is 9.69 Å². The van der Waals surface area contributed by atoms with E-state index >= 15 is 0 Å². The summed E-state index contributed by atoms with van der Waals surface area (Å²) in [6, 6.07) is 7.84. The Bertz CT molecular complexity index is 546. The number of halogens is 1. The van der Waals surface area contributed by atoms with Gasteiger partial charge < -0.3 is 20.1 Å². The molecule has 0 aliphatic carbocycles. The van der Waals surface area contributed by atoms with Crippen molar-refractivity contribution in [3.63, 3.8) is 0 Å². The van der Waals surface area contributed by atoms with Crippen LogP contribution >= 0.6 is 11.6 Å². The molecule has 0 saturated carbocycles. The van der Waals surface area contributed by atoms with Gasteiger partial charge in [0.2, 0.25) is 0 Å². The first kappa shape index (κ1) is 17.6. The van der Waals surface area contributed by atoms with E-state index in [0.717, 1.165) is 30.2 Å². The molecule has 1 aromatic carbocycles. The fourth-order valence-corrected chi connectivity index (χ4v) is 3.38. The molecule has 2 N–H and O–H groups in total. The highest BCUT2D eigenvalue weighted by atomic mass is 35.5. The van der Waals surface area contributed by atoms with Gasteiger partial charge in [-0.05, 0) is 11.6 Å². The van der Waals surface area contributed by atoms with Crippen molar-refractivity contribution in [2.75, 3.05) is 52.5 Å². The van der Waals surface area contributed by atoms with E-state index in [1.54, 1.807) is 0 Å². The van der Waals surface area contributed by atoms with Gasteiger partial charge in [0.25, 0.3) is 5.91 Å². The third-order valence-electron chi connectivity index (χ3n) is 4.44. The molecular weight excluding hydrogens is 330 g/mol. The minimum Gasteiger partial charge on any atom is -0.379 e. The van der Waals surface area contributed by atoms with Crippen LogP contribution in [0, 0.1) is 0 Å². The number of nitrogens with one attached hydrogen (secondary N) is 2. The first-order valence-electron chi connectivity index (χ1n) is 8.42. The van der Waals surface area contributed by atoms with E-state index < -0.39 is 6.10 Å². The van der Waals surface area contributed by atoms with Crippen molar-refractivity contribution >= 4 is 17.5 Å². The van der Waals surface area contributed by atoms with Crippen LogP contribution in [0.5, 0.6) is 0 Å². The second kappa shape index (κ2) is 8.78. The van der Waals surface area contributed by atoms with Crippen LogP contribution in [0.2, 0.25) is 5.02 Å². The molecule has 2 aliphatic heterocycles. The lowest BCUT2D eigenvalue weighted by Crippen LogP contribution is -2.50. The predicted octanol–water partition coefficient (Wildman–Crippen LogP) is 0.818. The van der Waals surface area contributed by atoms with Crippen molar-refractivity contribution in [3.8, 4) is 0 Å². The van der Waals surface area contributed by atoms with Crippen molar-refractivity contribution in [1.82, 2.24) is 15.5 Å². The summed E-state index contributed by atoms with van der Waals surface area (Å²) in [6.45, 7) is 5.47. The number of hydrogen-bond donors (Lipinski definition) is 2. The van der Waals surface area contributed by atoms with E-state index in [2.05, 4.69) is 15.5 Å². The summed E-state index contributed by atoms with van der Waals surface area (Å²) >= 11 is 6.40. The molecule has 2 saturated heterocycles. The molecule has 2 fully saturated rings. The van der Waals surface area contributed by atoms with Crippen LogP contribution < -0.4 is 10.6 Å². The Hall–Kier alpha value is -1.18. The molecule has 24 heavy (non-hydrogen) atoms. The largest absolute Gasteiger partial charge is 0.379 e. The van der Waals surface area contributed by atoms with Gasteiger partial charge in [0.15, 0.2) is 0 Å². The van der Waals surface area contributed by atoms with Crippen LogP contribution in [-0.4, -0.2) is 69.5 Å². The SMILES string of the molecule is O=C(NCC(c1ccccc1Cl)N1CCOCC1)C1CNCCO1. The molecule has 0 aromatic heterocycles. The first-order valence-corrected chi connectivity index (χ1v) is 8.80. The Balaban J connectivity index is 1.67. The normalized spacial score (nSPS) is 23.6. The Labute approximate surface area is 147 Å². The summed E-state index contributed by atoms with van der Waals surface area (Å²) in [4.78, 5) is 14.7. The number of rotatable bonds is 5. The van der Waals surface area contributed by atoms with Crippen molar-refractivity contribution in [2.45, 2.75) is 12.1 Å². The van der Waals surface area contributed by atoms with E-state index in [0.29, 0.717) is 32.9 Å². The lowest BCUT2D eigenvalue weighted by atomic mass is 10.0. The van der Waals surface area contributed by atoms with Crippen LogP contribution in [-0.2, 0) is 14.3 Å². The second-order valence-electron chi connectivity index (χ2n) is 5.99. The third kappa shape index (κ3) is 4.46. The maximum Gasteiger partial charge on any atom is 0.250 e. The lowest BCUT2D eigenvalue weighted by Gasteiger charge is -2.35. The molecule has 2 heterocycles. The summed E-state index contributed by atoms with van der Waals surface area (Å²) in [7, 11) is 0. The Morgan fingerprint density at radius 2 is 2.12 bits per heavy atom. The van der Waals surface area contributed by atoms with Gasteiger partial charge in [-0.25, -0.2) is 0 Å². The van der Waals surface area contributed by atoms with Crippen molar-refractivity contribution < 1.29 is 14.3 Å². The summed E-state index contributed by atoms with van der Waals surface area (Å²) in [5.74, 6) is -0.0764. The van der Waals surface area contributed by atoms with Crippen LogP contribution in [0.1, 0.15) is 11.6 Å². The zero-order chi connectivity index (χ0) is 16.8. The van der Waals surface area contributed by atoms with E-state index in [1.807, 2.05) is 24.3 Å². The molecule has 6 nitrogen and oxygen atoms in total. The molecule has 1 amide bonds. The predicted molar refractivity (Wildman–Crippen MR) is 92.2 cm³/mol. The molecule has 2 unspecified atom stereocenters. The smallest absolute Gasteiger partial charge is 0.250 e. The van der Waals surface area contributed by atoms with Gasteiger partial charge in [-0.2, -0.15) is 0 Å². The number of benzene rings is 1. The Morgan fingerprint density at radius 1 is 1.33 bits per heavy atom. The molecular formula is C17H24ClN3O3. The third-order valence-corrected chi connectivity index (χ3v) is 4.78. The molecule has 0 bridgehead atoms. The minimum absolute atomic E-state index is 0.0306. The number of carbonyl (C=O) groups is 1. The van der Waals surface area contributed by atoms with Crippen LogP contribution in [0.25, 0.3) is 0 Å². The van der Waals surface area contributed by atoms with Gasteiger partial charge >= 0.3 is 0 Å². The summed E-state index contributed by atoms with van der Waals surface area (Å²) < 4.78 is 11.0. The highest BCUT2D eigenvalue weighted by Crippen LogP contribution is 2.27. The minimum atomic E-state index is -0.421.